The highest BCUT2D eigenvalue weighted by Gasteiger charge is 2.40. The average molecular weight is 371 g/mol. The second-order valence-electron chi connectivity index (χ2n) is 4.25. The van der Waals surface area contributed by atoms with Crippen LogP contribution in [-0.2, 0) is 4.74 Å². The van der Waals surface area contributed by atoms with Crippen LogP contribution in [-0.4, -0.2) is 64.3 Å². The van der Waals surface area contributed by atoms with Gasteiger partial charge in [0, 0.05) is 19.7 Å². The summed E-state index contributed by atoms with van der Waals surface area (Å²) in [5, 5.41) is 18.6. The number of amides is 2. The highest BCUT2D eigenvalue weighted by atomic mass is 127. The van der Waals surface area contributed by atoms with Gasteiger partial charge >= 0.3 is 6.03 Å². The second kappa shape index (κ2) is 6.15. The third-order valence-corrected chi connectivity index (χ3v) is 3.11. The summed E-state index contributed by atoms with van der Waals surface area (Å²) < 4.78 is 5.40. The first-order valence-corrected chi connectivity index (χ1v) is 5.48. The number of aliphatic hydroxyl groups excluding tert-OH is 2. The Morgan fingerprint density at radius 1 is 1.61 bits per heavy atom. The van der Waals surface area contributed by atoms with Crippen LogP contribution in [0.25, 0.3) is 0 Å². The molecule has 4 N–H and O–H groups in total. The van der Waals surface area contributed by atoms with Crippen LogP contribution in [0, 0.1) is 0 Å². The Bertz CT molecular complexity index is 341. The molecule has 0 aliphatic carbocycles. The molecule has 1 saturated heterocycles. The smallest absolute Gasteiger partial charge is 0.327 e. The standard InChI is InChI=1S/C10H17N3O4.HI/c1-12-8(11)2-3-13(10(12)16)9-4-6(15)7(5-14)17-9;/h2-3,6-9,14-15H,4-5,11H2,1H3;1H/t6-,7-,8?,9-;/m1./s1. The number of carbonyl (C=O) groups excluding carboxylic acids is 1. The molecule has 2 aliphatic rings. The van der Waals surface area contributed by atoms with Crippen LogP contribution in [0.1, 0.15) is 6.42 Å². The van der Waals surface area contributed by atoms with Crippen LogP contribution in [0.4, 0.5) is 4.79 Å². The number of hydrogen-bond acceptors (Lipinski definition) is 5. The van der Waals surface area contributed by atoms with E-state index in [1.165, 1.54) is 9.80 Å². The Labute approximate surface area is 122 Å². The van der Waals surface area contributed by atoms with E-state index in [1.54, 1.807) is 19.3 Å². The van der Waals surface area contributed by atoms with Crippen molar-refractivity contribution < 1.29 is 19.7 Å². The van der Waals surface area contributed by atoms with E-state index >= 15 is 0 Å². The van der Waals surface area contributed by atoms with Crippen molar-refractivity contribution in [2.24, 2.45) is 5.73 Å². The van der Waals surface area contributed by atoms with Gasteiger partial charge in [-0.05, 0) is 6.08 Å². The lowest BCUT2D eigenvalue weighted by Crippen LogP contribution is -2.53. The van der Waals surface area contributed by atoms with Gasteiger partial charge in [-0.1, -0.05) is 0 Å². The summed E-state index contributed by atoms with van der Waals surface area (Å²) in [7, 11) is 1.60. The van der Waals surface area contributed by atoms with Crippen LogP contribution in [0.3, 0.4) is 0 Å². The first kappa shape index (κ1) is 15.6. The zero-order valence-electron chi connectivity index (χ0n) is 9.97. The predicted molar refractivity (Wildman–Crippen MR) is 73.9 cm³/mol. The molecule has 104 valence electrons. The Morgan fingerprint density at radius 3 is 2.83 bits per heavy atom. The largest absolute Gasteiger partial charge is 0.394 e. The number of carbonyl (C=O) groups is 1. The van der Waals surface area contributed by atoms with Gasteiger partial charge in [-0.15, -0.1) is 24.0 Å². The molecule has 0 aromatic heterocycles. The molecule has 4 atom stereocenters. The number of aliphatic hydroxyl groups is 2. The monoisotopic (exact) mass is 371 g/mol. The lowest BCUT2D eigenvalue weighted by Gasteiger charge is -2.35. The van der Waals surface area contributed by atoms with Crippen molar-refractivity contribution in [3.8, 4) is 0 Å². The molecule has 0 aromatic carbocycles. The molecule has 0 saturated carbocycles. The van der Waals surface area contributed by atoms with Gasteiger partial charge in [0.1, 0.15) is 18.5 Å². The SMILES string of the molecule is CN1C(=O)N([C@H]2C[C@@H](O)[C@@H](CO)O2)C=CC1N.I. The molecule has 18 heavy (non-hydrogen) atoms. The lowest BCUT2D eigenvalue weighted by atomic mass is 10.2. The number of nitrogens with two attached hydrogens (primary N) is 1. The molecule has 2 heterocycles. The molecule has 2 rings (SSSR count). The molecular weight excluding hydrogens is 353 g/mol. The maximum absolute atomic E-state index is 11.9. The third-order valence-electron chi connectivity index (χ3n) is 3.11. The Morgan fingerprint density at radius 2 is 2.28 bits per heavy atom. The van der Waals surface area contributed by atoms with Gasteiger partial charge in [0.05, 0.1) is 12.7 Å². The first-order chi connectivity index (χ1) is 8.04. The van der Waals surface area contributed by atoms with Crippen molar-refractivity contribution in [3.05, 3.63) is 12.3 Å². The first-order valence-electron chi connectivity index (χ1n) is 5.48. The average Bonchev–Trinajstić information content (AvgIpc) is 2.67. The molecule has 0 aromatic rings. The van der Waals surface area contributed by atoms with Gasteiger partial charge in [-0.3, -0.25) is 4.90 Å². The van der Waals surface area contributed by atoms with Gasteiger partial charge in [0.2, 0.25) is 0 Å². The summed E-state index contributed by atoms with van der Waals surface area (Å²) in [5.41, 5.74) is 5.67. The number of ether oxygens (including phenoxy) is 1. The normalized spacial score (nSPS) is 35.9. The molecule has 8 heteroatoms. The second-order valence-corrected chi connectivity index (χ2v) is 4.25. The van der Waals surface area contributed by atoms with E-state index in [2.05, 4.69) is 0 Å². The fourth-order valence-corrected chi connectivity index (χ4v) is 1.95. The summed E-state index contributed by atoms with van der Waals surface area (Å²) in [4.78, 5) is 14.7. The third kappa shape index (κ3) is 2.77. The van der Waals surface area contributed by atoms with Crippen LogP contribution >= 0.6 is 24.0 Å². The van der Waals surface area contributed by atoms with Crippen molar-refractivity contribution >= 4 is 30.0 Å². The minimum Gasteiger partial charge on any atom is -0.394 e. The van der Waals surface area contributed by atoms with Gasteiger partial charge < -0.3 is 25.6 Å². The number of nitrogens with zero attached hydrogens (tertiary/aromatic N) is 2. The molecule has 1 unspecified atom stereocenters. The van der Waals surface area contributed by atoms with Crippen molar-refractivity contribution in [2.45, 2.75) is 31.0 Å². The van der Waals surface area contributed by atoms with Crippen molar-refractivity contribution in [3.63, 3.8) is 0 Å². The molecule has 0 bridgehead atoms. The quantitative estimate of drug-likeness (QED) is 0.555. The highest BCUT2D eigenvalue weighted by molar-refractivity contribution is 14.0. The Kier molecular flexibility index (Phi) is 5.34. The Hall–Kier alpha value is -0.420. The highest BCUT2D eigenvalue weighted by Crippen LogP contribution is 2.25. The van der Waals surface area contributed by atoms with E-state index in [0.29, 0.717) is 0 Å². The fourth-order valence-electron chi connectivity index (χ4n) is 1.95. The van der Waals surface area contributed by atoms with Gasteiger partial charge in [0.15, 0.2) is 0 Å². The number of likely N-dealkylation sites (N-methyl/N-ethyl adjacent to an activating group) is 1. The van der Waals surface area contributed by atoms with Crippen LogP contribution in [0.2, 0.25) is 0 Å². The predicted octanol–water partition coefficient (Wildman–Crippen LogP) is -0.762. The zero-order chi connectivity index (χ0) is 12.6. The maximum Gasteiger partial charge on any atom is 0.327 e. The van der Waals surface area contributed by atoms with Crippen LogP contribution in [0.5, 0.6) is 0 Å². The van der Waals surface area contributed by atoms with Gasteiger partial charge in [-0.25, -0.2) is 4.79 Å². The molecule has 7 nitrogen and oxygen atoms in total. The van der Waals surface area contributed by atoms with E-state index in [9.17, 15) is 9.90 Å². The van der Waals surface area contributed by atoms with Crippen LogP contribution in [0.15, 0.2) is 12.3 Å². The van der Waals surface area contributed by atoms with Crippen molar-refractivity contribution in [1.29, 1.82) is 0 Å². The minimum absolute atomic E-state index is 0. The van der Waals surface area contributed by atoms with E-state index in [4.69, 9.17) is 15.6 Å². The molecule has 0 radical (unpaired) electrons. The van der Waals surface area contributed by atoms with E-state index in [0.717, 1.165) is 0 Å². The van der Waals surface area contributed by atoms with Crippen molar-refractivity contribution in [1.82, 2.24) is 9.80 Å². The number of halogens is 1. The molecule has 2 aliphatic heterocycles. The number of hydrogen-bond donors (Lipinski definition) is 3. The number of rotatable bonds is 2. The van der Waals surface area contributed by atoms with Gasteiger partial charge in [0.25, 0.3) is 0 Å². The summed E-state index contributed by atoms with van der Waals surface area (Å²) in [6.45, 7) is -0.265. The van der Waals surface area contributed by atoms with E-state index < -0.39 is 24.6 Å². The number of urea groups is 1. The Balaban J connectivity index is 0.00000162. The van der Waals surface area contributed by atoms with Crippen LogP contribution < -0.4 is 5.73 Å². The fraction of sp³-hybridized carbons (Fsp3) is 0.700. The van der Waals surface area contributed by atoms with Gasteiger partial charge in [-0.2, -0.15) is 0 Å². The minimum atomic E-state index is -0.757. The zero-order valence-corrected chi connectivity index (χ0v) is 12.3. The summed E-state index contributed by atoms with van der Waals surface area (Å²) in [5.74, 6) is 0. The van der Waals surface area contributed by atoms with Crippen molar-refractivity contribution in [2.75, 3.05) is 13.7 Å². The molecule has 2 amide bonds. The molecule has 1 fully saturated rings. The maximum atomic E-state index is 11.9. The summed E-state index contributed by atoms with van der Waals surface area (Å²) >= 11 is 0. The summed E-state index contributed by atoms with van der Waals surface area (Å²) in [6.07, 6.45) is 1.12. The van der Waals surface area contributed by atoms with E-state index in [1.807, 2.05) is 0 Å². The summed E-state index contributed by atoms with van der Waals surface area (Å²) in [6, 6.07) is -0.282. The lowest BCUT2D eigenvalue weighted by molar-refractivity contribution is -0.0576. The molecular formula is C10H18IN3O4. The van der Waals surface area contributed by atoms with E-state index in [-0.39, 0.29) is 43.0 Å². The molecule has 0 spiro atoms. The topological polar surface area (TPSA) is 99.3 Å².